The molecule has 1 fully saturated rings. The summed E-state index contributed by atoms with van der Waals surface area (Å²) in [6.45, 7) is 0.859. The molecular weight excluding hydrogens is 1380 g/mol. The van der Waals surface area contributed by atoms with Gasteiger partial charge in [0.2, 0.25) is 47.6 Å². The molecule has 1 aliphatic rings. The van der Waals surface area contributed by atoms with Gasteiger partial charge < -0.3 is 52.1 Å². The smallest absolute Gasteiger partial charge is 0.462 e. The zero-order chi connectivity index (χ0) is 72.3. The number of hydrogen-bond acceptors (Lipinski definition) is 38. The minimum absolute atomic E-state index is 0.0932. The van der Waals surface area contributed by atoms with E-state index in [1.165, 1.54) is 13.8 Å². The molecule has 1 rings (SSSR count). The predicted octanol–water partition coefficient (Wildman–Crippen LogP) is 8.35. The molecular formula is C54H90O38P4. The van der Waals surface area contributed by atoms with Gasteiger partial charge in [0.15, 0.2) is 18.3 Å². The Hall–Kier alpha value is -5.39. The lowest BCUT2D eigenvalue weighted by Gasteiger charge is -2.49. The summed E-state index contributed by atoms with van der Waals surface area (Å²) in [6.07, 6.45) is -13.9. The molecule has 0 aromatic rings. The molecule has 0 radical (unpaired) electrons. The Morgan fingerprint density at radius 2 is 0.542 bits per heavy atom. The van der Waals surface area contributed by atoms with Crippen LogP contribution in [-0.2, 0) is 177 Å². The first-order chi connectivity index (χ1) is 45.3. The summed E-state index contributed by atoms with van der Waals surface area (Å²) < 4.78 is 185. The van der Waals surface area contributed by atoms with Crippen molar-refractivity contribution in [3.05, 3.63) is 0 Å². The third-order valence-corrected chi connectivity index (χ3v) is 17.2. The standard InChI is InChI=1S/C54H90O38P4/c1-12-16-18-20-22-26-45(62)70-28-44(86-48(65)27-23-21-19-17-13-2)29-78-93(66,79-30-71-37(5)55)89-51-49(87-46(63)24-14-3)52(90-94(67,80-31-72-38(6)56)81-32-73-39(7)57)54(92-96(69,84-35-76-42(10)60)85-36-77-43(11)61)53(50(51)88-47(64)25-15-4)91-95(68,82-33-74-40(8)58)83-34-75-41(9)59/h44,49-54H,12-36H2,1-11H3/t44-,49+,50+,51?,52-,53+,54?,93?/m1/s1. The maximum absolute atomic E-state index is 15.8. The van der Waals surface area contributed by atoms with Crippen LogP contribution in [0.3, 0.4) is 0 Å². The molecule has 0 aliphatic heterocycles. The van der Waals surface area contributed by atoms with Gasteiger partial charge in [0.25, 0.3) is 0 Å². The summed E-state index contributed by atoms with van der Waals surface area (Å²) in [5.41, 5.74) is 0. The molecule has 0 N–H and O–H groups in total. The average molecular weight is 1470 g/mol. The van der Waals surface area contributed by atoms with Gasteiger partial charge >= 0.3 is 97.0 Å². The maximum Gasteiger partial charge on any atom is 0.481 e. The quantitative estimate of drug-likeness (QED) is 0.0181. The Morgan fingerprint density at radius 3 is 0.823 bits per heavy atom. The van der Waals surface area contributed by atoms with E-state index >= 15 is 18.3 Å². The summed E-state index contributed by atoms with van der Waals surface area (Å²) in [6, 6.07) is 0. The van der Waals surface area contributed by atoms with Crippen LogP contribution in [0, 0.1) is 0 Å². The third-order valence-electron chi connectivity index (χ3n) is 11.8. The highest BCUT2D eigenvalue weighted by atomic mass is 31.2. The minimum Gasteiger partial charge on any atom is -0.462 e. The lowest BCUT2D eigenvalue weighted by Crippen LogP contribution is -2.67. The van der Waals surface area contributed by atoms with Crippen LogP contribution in [0.25, 0.3) is 0 Å². The SMILES string of the molecule is CCCCCCCC(=O)OC[C@H](COP(=O)(OCOC(C)=O)OC1[C@H](OC(=O)CCC)[C@H](OP(=O)(OCOC(C)=O)OCOC(C)=O)C(OP(=O)(OCOC(C)=O)OCOC(C)=O)[C@H](OP(=O)(OCOC(C)=O)OCOC(C)=O)[C@H]1OC(=O)CCC)OC(=O)CCCCCCC. The molecule has 42 heteroatoms. The van der Waals surface area contributed by atoms with Crippen molar-refractivity contribution >= 4 is 97.0 Å². The molecule has 0 spiro atoms. The number of phosphoric ester groups is 4. The maximum atomic E-state index is 15.8. The lowest BCUT2D eigenvalue weighted by molar-refractivity contribution is -0.236. The Bertz CT molecular complexity index is 2490. The van der Waals surface area contributed by atoms with E-state index in [0.717, 1.165) is 87.0 Å². The third kappa shape index (κ3) is 39.9. The minimum atomic E-state index is -5.96. The van der Waals surface area contributed by atoms with Crippen LogP contribution < -0.4 is 0 Å². The lowest BCUT2D eigenvalue weighted by atomic mass is 9.84. The molecule has 1 aliphatic carbocycles. The van der Waals surface area contributed by atoms with Crippen molar-refractivity contribution in [1.82, 2.24) is 0 Å². The molecule has 0 aromatic carbocycles. The summed E-state index contributed by atoms with van der Waals surface area (Å²) in [5.74, 6) is -12.3. The van der Waals surface area contributed by atoms with E-state index in [-0.39, 0.29) is 25.7 Å². The van der Waals surface area contributed by atoms with Gasteiger partial charge in [0.05, 0.1) is 6.61 Å². The second-order valence-corrected chi connectivity index (χ2v) is 26.6. The van der Waals surface area contributed by atoms with E-state index in [4.69, 9.17) is 106 Å². The van der Waals surface area contributed by atoms with E-state index in [1.807, 2.05) is 13.8 Å². The average Bonchev–Trinajstić information content (AvgIpc) is 0.742. The van der Waals surface area contributed by atoms with Crippen LogP contribution in [0.4, 0.5) is 0 Å². The van der Waals surface area contributed by atoms with Gasteiger partial charge in [-0.3, -0.25) is 75.4 Å². The molecule has 0 amide bonds. The Kier molecular flexibility index (Phi) is 44.6. The molecule has 0 saturated heterocycles. The second-order valence-electron chi connectivity index (χ2n) is 20.1. The highest BCUT2D eigenvalue weighted by Crippen LogP contribution is 2.62. The number of rotatable bonds is 53. The number of carbonyl (C=O) groups is 11. The highest BCUT2D eigenvalue weighted by Gasteiger charge is 2.64. The number of hydrogen-bond donors (Lipinski definition) is 0. The number of phosphoric acid groups is 4. The van der Waals surface area contributed by atoms with E-state index in [2.05, 4.69) is 0 Å². The number of carbonyl (C=O) groups excluding carboxylic acids is 11. The topological polar surface area (TPSA) is 468 Å². The van der Waals surface area contributed by atoms with Gasteiger partial charge in [-0.25, -0.2) is 49.9 Å². The fourth-order valence-corrected chi connectivity index (χ4v) is 12.0. The van der Waals surface area contributed by atoms with Gasteiger partial charge in [-0.15, -0.1) is 0 Å². The van der Waals surface area contributed by atoms with Gasteiger partial charge in [-0.05, 0) is 25.7 Å². The molecule has 8 atom stereocenters. The number of ether oxygens (including phenoxy) is 11. The molecule has 0 aromatic heterocycles. The first kappa shape index (κ1) is 88.6. The van der Waals surface area contributed by atoms with Crippen molar-refractivity contribution in [2.75, 3.05) is 60.8 Å². The van der Waals surface area contributed by atoms with Gasteiger partial charge in [-0.1, -0.05) is 79.1 Å². The van der Waals surface area contributed by atoms with E-state index in [1.54, 1.807) is 0 Å². The molecule has 0 bridgehead atoms. The molecule has 1 saturated carbocycles. The fraction of sp³-hybridized carbons (Fsp3) is 0.796. The van der Waals surface area contributed by atoms with Crippen LogP contribution in [0.1, 0.15) is 179 Å². The van der Waals surface area contributed by atoms with Crippen molar-refractivity contribution in [1.29, 1.82) is 0 Å². The monoisotopic (exact) mass is 1470 g/mol. The second kappa shape index (κ2) is 48.4. The molecule has 38 nitrogen and oxygen atoms in total. The van der Waals surface area contributed by atoms with E-state index < -0.39 is 213 Å². The zero-order valence-electron chi connectivity index (χ0n) is 55.5. The van der Waals surface area contributed by atoms with Crippen LogP contribution >= 0.6 is 31.3 Å². The van der Waals surface area contributed by atoms with Crippen molar-refractivity contribution in [3.63, 3.8) is 0 Å². The van der Waals surface area contributed by atoms with E-state index in [9.17, 15) is 52.7 Å². The summed E-state index contributed by atoms with van der Waals surface area (Å²) >= 11 is 0. The molecule has 96 heavy (non-hydrogen) atoms. The highest BCUT2D eigenvalue weighted by molar-refractivity contribution is 7.49. The predicted molar refractivity (Wildman–Crippen MR) is 317 cm³/mol. The fourth-order valence-electron chi connectivity index (χ4n) is 7.44. The molecule has 554 valence electrons. The summed E-state index contributed by atoms with van der Waals surface area (Å²) in [7, 11) is -23.8. The number of unbranched alkanes of at least 4 members (excludes halogenated alkanes) is 8. The largest absolute Gasteiger partial charge is 0.481 e. The van der Waals surface area contributed by atoms with Crippen LogP contribution in [-0.4, -0.2) is 169 Å². The first-order valence-corrected chi connectivity index (χ1v) is 36.1. The normalized spacial score (nSPS) is 18.1. The van der Waals surface area contributed by atoms with E-state index in [0.29, 0.717) is 25.7 Å². The Labute approximate surface area is 555 Å². The van der Waals surface area contributed by atoms with Crippen molar-refractivity contribution in [3.8, 4) is 0 Å². The zero-order valence-corrected chi connectivity index (χ0v) is 59.1. The summed E-state index contributed by atoms with van der Waals surface area (Å²) in [4.78, 5) is 140. The molecule has 3 unspecified atom stereocenters. The van der Waals surface area contributed by atoms with Gasteiger partial charge in [-0.2, -0.15) is 0 Å². The summed E-state index contributed by atoms with van der Waals surface area (Å²) in [5, 5.41) is 0. The Balaban J connectivity index is 5.01. The number of esters is 11. The van der Waals surface area contributed by atoms with Gasteiger partial charge in [0, 0.05) is 74.1 Å². The Morgan fingerprint density at radius 1 is 0.281 bits per heavy atom. The van der Waals surface area contributed by atoms with Crippen molar-refractivity contribution in [2.45, 2.75) is 222 Å². The van der Waals surface area contributed by atoms with Crippen LogP contribution in [0.5, 0.6) is 0 Å². The first-order valence-electron chi connectivity index (χ1n) is 30.2. The van der Waals surface area contributed by atoms with Crippen LogP contribution in [0.15, 0.2) is 0 Å². The van der Waals surface area contributed by atoms with Crippen LogP contribution in [0.2, 0.25) is 0 Å². The molecule has 0 heterocycles. The van der Waals surface area contributed by atoms with Gasteiger partial charge in [0.1, 0.15) is 31.0 Å². The van der Waals surface area contributed by atoms with Crippen molar-refractivity contribution < 1.29 is 177 Å². The van der Waals surface area contributed by atoms with Crippen molar-refractivity contribution in [2.24, 2.45) is 0 Å².